The van der Waals surface area contributed by atoms with Crippen LogP contribution in [0, 0.1) is 0 Å². The molecule has 3 N–H and O–H groups in total. The molecule has 1 aromatic rings. The van der Waals surface area contributed by atoms with Crippen molar-refractivity contribution in [2.75, 3.05) is 11.5 Å². The average Bonchev–Trinajstić information content (AvgIpc) is 2.83. The van der Waals surface area contributed by atoms with Gasteiger partial charge in [0.1, 0.15) is 5.82 Å². The summed E-state index contributed by atoms with van der Waals surface area (Å²) in [4.78, 5) is 1.04. The highest BCUT2D eigenvalue weighted by Crippen LogP contribution is 2.34. The van der Waals surface area contributed by atoms with Gasteiger partial charge in [-0.05, 0) is 31.4 Å². The predicted octanol–water partition coefficient (Wildman–Crippen LogP) is 2.05. The number of aliphatic hydroxyl groups is 1. The Morgan fingerprint density at radius 1 is 1.62 bits per heavy atom. The first-order valence-electron chi connectivity index (χ1n) is 5.88. The number of nitrogen functional groups attached to an aromatic ring is 1. The Kier molecular flexibility index (Phi) is 3.76. The molecule has 0 aliphatic heterocycles. The van der Waals surface area contributed by atoms with Crippen molar-refractivity contribution in [1.29, 1.82) is 0 Å². The van der Waals surface area contributed by atoms with E-state index in [4.69, 9.17) is 5.73 Å². The van der Waals surface area contributed by atoms with Crippen LogP contribution in [-0.2, 0) is 0 Å². The molecule has 0 spiro atoms. The number of hydrogen-bond acceptors (Lipinski definition) is 4. The van der Waals surface area contributed by atoms with Crippen molar-refractivity contribution in [3.05, 3.63) is 6.20 Å². The van der Waals surface area contributed by atoms with Gasteiger partial charge in [-0.15, -0.1) is 11.8 Å². The van der Waals surface area contributed by atoms with Gasteiger partial charge in [-0.2, -0.15) is 5.10 Å². The molecule has 2 rings (SSSR count). The lowest BCUT2D eigenvalue weighted by Gasteiger charge is -2.16. The minimum atomic E-state index is -0.286. The van der Waals surface area contributed by atoms with Crippen molar-refractivity contribution in [2.24, 2.45) is 0 Å². The summed E-state index contributed by atoms with van der Waals surface area (Å²) in [6.07, 6.45) is 5.56. The number of hydrogen-bond donors (Lipinski definition) is 2. The Labute approximate surface area is 100 Å². The molecule has 1 aliphatic carbocycles. The first-order valence-corrected chi connectivity index (χ1v) is 6.86. The highest BCUT2D eigenvalue weighted by molar-refractivity contribution is 7.99. The molecule has 90 valence electrons. The van der Waals surface area contributed by atoms with Crippen molar-refractivity contribution in [3.63, 3.8) is 0 Å². The highest BCUT2D eigenvalue weighted by atomic mass is 32.2. The van der Waals surface area contributed by atoms with E-state index < -0.39 is 0 Å². The van der Waals surface area contributed by atoms with Crippen LogP contribution in [0.4, 0.5) is 5.82 Å². The largest absolute Gasteiger partial charge is 0.391 e. The summed E-state index contributed by atoms with van der Waals surface area (Å²) in [6.45, 7) is 2.15. The van der Waals surface area contributed by atoms with Crippen molar-refractivity contribution in [1.82, 2.24) is 9.78 Å². The second-order valence-electron chi connectivity index (χ2n) is 4.25. The Morgan fingerprint density at radius 3 is 3.06 bits per heavy atom. The number of nitrogens with zero attached hydrogens (tertiary/aromatic N) is 2. The first-order chi connectivity index (χ1) is 7.74. The van der Waals surface area contributed by atoms with Crippen LogP contribution in [-0.4, -0.2) is 26.7 Å². The van der Waals surface area contributed by atoms with E-state index in [1.807, 2.05) is 6.20 Å². The zero-order chi connectivity index (χ0) is 11.5. The molecule has 0 saturated heterocycles. The fraction of sp³-hybridized carbons (Fsp3) is 0.727. The molecule has 1 aromatic heterocycles. The number of nitrogens with two attached hydrogens (primary N) is 1. The maximum absolute atomic E-state index is 9.83. The minimum absolute atomic E-state index is 0.0796. The molecule has 1 fully saturated rings. The second-order valence-corrected chi connectivity index (χ2v) is 5.39. The SMILES string of the molecule is CCCSc1cnn(C2CCCC2O)c1N. The normalized spacial score (nSPS) is 25.1. The van der Waals surface area contributed by atoms with Crippen LogP contribution in [0.5, 0.6) is 0 Å². The lowest BCUT2D eigenvalue weighted by molar-refractivity contribution is 0.131. The molecule has 1 aliphatic rings. The summed E-state index contributed by atoms with van der Waals surface area (Å²) in [6, 6.07) is 0.0796. The topological polar surface area (TPSA) is 64.1 Å². The number of thioether (sulfide) groups is 1. The standard InChI is InChI=1S/C11H19N3OS/c1-2-6-16-10-7-13-14(11(10)12)8-4-3-5-9(8)15/h7-9,15H,2-6,12H2,1H3. The van der Waals surface area contributed by atoms with Gasteiger partial charge in [-0.1, -0.05) is 6.92 Å². The molecule has 0 radical (unpaired) electrons. The van der Waals surface area contributed by atoms with E-state index in [0.29, 0.717) is 5.82 Å². The zero-order valence-electron chi connectivity index (χ0n) is 9.59. The summed E-state index contributed by atoms with van der Waals surface area (Å²) in [5, 5.41) is 14.1. The number of anilines is 1. The fourth-order valence-corrected chi connectivity index (χ4v) is 2.94. The van der Waals surface area contributed by atoms with Crippen LogP contribution in [0.3, 0.4) is 0 Å². The van der Waals surface area contributed by atoms with Crippen LogP contribution in [0.25, 0.3) is 0 Å². The molecule has 0 amide bonds. The summed E-state index contributed by atoms with van der Waals surface area (Å²) >= 11 is 1.74. The van der Waals surface area contributed by atoms with Crippen LogP contribution in [0.1, 0.15) is 38.6 Å². The van der Waals surface area contributed by atoms with E-state index in [0.717, 1.165) is 36.3 Å². The quantitative estimate of drug-likeness (QED) is 0.792. The van der Waals surface area contributed by atoms with Crippen molar-refractivity contribution in [2.45, 2.75) is 49.6 Å². The molecule has 1 heterocycles. The smallest absolute Gasteiger partial charge is 0.135 e. The van der Waals surface area contributed by atoms with Crippen LogP contribution in [0.2, 0.25) is 0 Å². The van der Waals surface area contributed by atoms with Crippen molar-refractivity contribution < 1.29 is 5.11 Å². The Hall–Kier alpha value is -0.680. The Bertz CT molecular complexity index is 353. The minimum Gasteiger partial charge on any atom is -0.391 e. The van der Waals surface area contributed by atoms with Crippen molar-refractivity contribution in [3.8, 4) is 0 Å². The van der Waals surface area contributed by atoms with Gasteiger partial charge in [-0.25, -0.2) is 4.68 Å². The molecule has 0 aromatic carbocycles. The summed E-state index contributed by atoms with van der Waals surface area (Å²) in [5.41, 5.74) is 6.05. The molecule has 5 heteroatoms. The van der Waals surface area contributed by atoms with Crippen LogP contribution in [0.15, 0.2) is 11.1 Å². The van der Waals surface area contributed by atoms with Gasteiger partial charge in [0.15, 0.2) is 0 Å². The van der Waals surface area contributed by atoms with Crippen LogP contribution >= 0.6 is 11.8 Å². The van der Waals surface area contributed by atoms with E-state index in [-0.39, 0.29) is 12.1 Å². The van der Waals surface area contributed by atoms with Gasteiger partial charge in [0.05, 0.1) is 23.2 Å². The van der Waals surface area contributed by atoms with Crippen molar-refractivity contribution >= 4 is 17.6 Å². The predicted molar refractivity (Wildman–Crippen MR) is 66.5 cm³/mol. The lowest BCUT2D eigenvalue weighted by atomic mass is 10.2. The summed E-state index contributed by atoms with van der Waals surface area (Å²) < 4.78 is 1.80. The molecular formula is C11H19N3OS. The first kappa shape index (κ1) is 11.8. The molecule has 0 bridgehead atoms. The fourth-order valence-electron chi connectivity index (χ4n) is 2.15. The molecule has 1 saturated carbocycles. The molecule has 2 atom stereocenters. The molecular weight excluding hydrogens is 222 g/mol. The van der Waals surface area contributed by atoms with E-state index in [9.17, 15) is 5.11 Å². The maximum atomic E-state index is 9.83. The third-order valence-electron chi connectivity index (χ3n) is 3.02. The second kappa shape index (κ2) is 5.10. The van der Waals surface area contributed by atoms with Gasteiger partial charge < -0.3 is 10.8 Å². The third kappa shape index (κ3) is 2.20. The molecule has 2 unspecified atom stereocenters. The summed E-state index contributed by atoms with van der Waals surface area (Å²) in [5.74, 6) is 1.77. The monoisotopic (exact) mass is 241 g/mol. The zero-order valence-corrected chi connectivity index (χ0v) is 10.4. The number of rotatable bonds is 4. The van der Waals surface area contributed by atoms with E-state index >= 15 is 0 Å². The number of aromatic nitrogens is 2. The van der Waals surface area contributed by atoms with Crippen LogP contribution < -0.4 is 5.73 Å². The van der Waals surface area contributed by atoms with Gasteiger partial charge >= 0.3 is 0 Å². The van der Waals surface area contributed by atoms with Gasteiger partial charge in [0.2, 0.25) is 0 Å². The van der Waals surface area contributed by atoms with E-state index in [2.05, 4.69) is 12.0 Å². The Morgan fingerprint density at radius 2 is 2.44 bits per heavy atom. The highest BCUT2D eigenvalue weighted by Gasteiger charge is 2.29. The number of aliphatic hydroxyl groups excluding tert-OH is 1. The average molecular weight is 241 g/mol. The van der Waals surface area contributed by atoms with Gasteiger partial charge in [0.25, 0.3) is 0 Å². The van der Waals surface area contributed by atoms with Gasteiger partial charge in [0, 0.05) is 0 Å². The van der Waals surface area contributed by atoms with E-state index in [1.54, 1.807) is 16.4 Å². The summed E-state index contributed by atoms with van der Waals surface area (Å²) in [7, 11) is 0. The Balaban J connectivity index is 2.13. The lowest BCUT2D eigenvalue weighted by Crippen LogP contribution is -2.20. The molecule has 16 heavy (non-hydrogen) atoms. The van der Waals surface area contributed by atoms with Gasteiger partial charge in [-0.3, -0.25) is 0 Å². The molecule has 4 nitrogen and oxygen atoms in total. The van der Waals surface area contributed by atoms with E-state index in [1.165, 1.54) is 0 Å². The maximum Gasteiger partial charge on any atom is 0.135 e. The third-order valence-corrected chi connectivity index (χ3v) is 4.26.